The molecule has 1 aromatic heterocycles. The van der Waals surface area contributed by atoms with Crippen LogP contribution in [0.2, 0.25) is 0 Å². The van der Waals surface area contributed by atoms with E-state index in [-0.39, 0.29) is 43.4 Å². The van der Waals surface area contributed by atoms with E-state index in [4.69, 9.17) is 0 Å². The average Bonchev–Trinajstić information content (AvgIpc) is 3.06. The van der Waals surface area contributed by atoms with Gasteiger partial charge in [0.25, 0.3) is 0 Å². The molecule has 1 aliphatic rings. The molecular weight excluding hydrogens is 321 g/mol. The second-order valence-electron chi connectivity index (χ2n) is 6.55. The van der Waals surface area contributed by atoms with Gasteiger partial charge in [-0.15, -0.1) is 0 Å². The van der Waals surface area contributed by atoms with E-state index in [2.05, 4.69) is 15.7 Å². The number of carbonyl (C=O) groups excluding carboxylic acids is 1. The van der Waals surface area contributed by atoms with Crippen LogP contribution in [0.15, 0.2) is 18.5 Å². The third kappa shape index (κ3) is 5.22. The smallest absolute Gasteiger partial charge is 0.352 e. The van der Waals surface area contributed by atoms with Crippen molar-refractivity contribution in [2.75, 3.05) is 6.54 Å². The summed E-state index contributed by atoms with van der Waals surface area (Å²) in [4.78, 5) is 12.0. The van der Waals surface area contributed by atoms with Crippen molar-refractivity contribution in [1.82, 2.24) is 20.4 Å². The molecule has 5 nitrogen and oxygen atoms in total. The Morgan fingerprint density at radius 1 is 1.29 bits per heavy atom. The van der Waals surface area contributed by atoms with Gasteiger partial charge in [0.15, 0.2) is 0 Å². The predicted molar refractivity (Wildman–Crippen MR) is 84.3 cm³/mol. The van der Waals surface area contributed by atoms with Gasteiger partial charge in [-0.3, -0.25) is 9.48 Å². The summed E-state index contributed by atoms with van der Waals surface area (Å²) >= 11 is 0. The molecule has 0 spiro atoms. The fourth-order valence-electron chi connectivity index (χ4n) is 3.02. The van der Waals surface area contributed by atoms with Crippen LogP contribution in [-0.4, -0.2) is 40.5 Å². The molecule has 1 aliphatic carbocycles. The lowest BCUT2D eigenvalue weighted by atomic mass is 9.85. The number of nitrogens with one attached hydrogen (secondary N) is 2. The van der Waals surface area contributed by atoms with Crippen molar-refractivity contribution < 1.29 is 18.0 Å². The number of halogens is 3. The number of amides is 1. The van der Waals surface area contributed by atoms with Crippen molar-refractivity contribution in [2.45, 2.75) is 63.8 Å². The number of alkyl halides is 3. The van der Waals surface area contributed by atoms with E-state index in [0.29, 0.717) is 12.8 Å². The van der Waals surface area contributed by atoms with Crippen LogP contribution < -0.4 is 10.6 Å². The molecule has 0 saturated heterocycles. The summed E-state index contributed by atoms with van der Waals surface area (Å²) in [7, 11) is 0. The van der Waals surface area contributed by atoms with Crippen LogP contribution in [0.3, 0.4) is 0 Å². The Kier molecular flexibility index (Phi) is 6.26. The third-order valence-electron chi connectivity index (χ3n) is 4.81. The quantitative estimate of drug-likeness (QED) is 0.833. The zero-order valence-corrected chi connectivity index (χ0v) is 14.0. The second-order valence-corrected chi connectivity index (χ2v) is 6.55. The number of hydrogen-bond donors (Lipinski definition) is 2. The van der Waals surface area contributed by atoms with Crippen LogP contribution in [0.25, 0.3) is 0 Å². The highest BCUT2D eigenvalue weighted by molar-refractivity contribution is 5.78. The fraction of sp³-hybridized carbons (Fsp3) is 0.750. The highest BCUT2D eigenvalue weighted by atomic mass is 19.4. The molecule has 0 aliphatic heterocycles. The van der Waals surface area contributed by atoms with Crippen LogP contribution in [-0.2, 0) is 4.79 Å². The first-order valence-corrected chi connectivity index (χ1v) is 8.36. The maximum atomic E-state index is 12.6. The summed E-state index contributed by atoms with van der Waals surface area (Å²) in [6, 6.07) is 1.82. The van der Waals surface area contributed by atoms with Crippen molar-refractivity contribution >= 4 is 5.91 Å². The third-order valence-corrected chi connectivity index (χ3v) is 4.81. The van der Waals surface area contributed by atoms with Gasteiger partial charge in [0.05, 0.1) is 18.5 Å². The first kappa shape index (κ1) is 18.8. The molecule has 1 aromatic rings. The summed E-state index contributed by atoms with van der Waals surface area (Å²) < 4.78 is 39.7. The molecule has 0 bridgehead atoms. The van der Waals surface area contributed by atoms with E-state index < -0.39 is 12.1 Å². The molecule has 1 amide bonds. The summed E-state index contributed by atoms with van der Waals surface area (Å²) in [5.41, 5.74) is 0. The molecule has 1 heterocycles. The van der Waals surface area contributed by atoms with E-state index in [0.717, 1.165) is 0 Å². The second kappa shape index (κ2) is 8.00. The number of hydrogen-bond acceptors (Lipinski definition) is 3. The van der Waals surface area contributed by atoms with Gasteiger partial charge < -0.3 is 10.6 Å². The van der Waals surface area contributed by atoms with Crippen molar-refractivity contribution in [2.24, 2.45) is 5.92 Å². The van der Waals surface area contributed by atoms with E-state index in [9.17, 15) is 18.0 Å². The SMILES string of the molecule is CC(NCC(=O)NC1CCC(C(F)(F)F)CC1)C(C)n1cccn1. The standard InChI is InChI=1S/C16H25F3N4O/c1-11(12(2)23-9-3-8-21-23)20-10-15(24)22-14-6-4-13(5-7-14)16(17,18)19/h3,8-9,11-14,20H,4-7,10H2,1-2H3,(H,22,24). The molecule has 1 saturated carbocycles. The maximum Gasteiger partial charge on any atom is 0.391 e. The van der Waals surface area contributed by atoms with Gasteiger partial charge in [0.2, 0.25) is 5.91 Å². The number of aromatic nitrogens is 2. The Morgan fingerprint density at radius 3 is 2.50 bits per heavy atom. The van der Waals surface area contributed by atoms with E-state index in [1.807, 2.05) is 30.8 Å². The molecule has 8 heteroatoms. The maximum absolute atomic E-state index is 12.6. The number of carbonyl (C=O) groups is 1. The fourth-order valence-corrected chi connectivity index (χ4v) is 3.02. The Labute approximate surface area is 140 Å². The molecule has 2 rings (SSSR count). The number of nitrogens with zero attached hydrogens (tertiary/aromatic N) is 2. The molecule has 2 unspecified atom stereocenters. The lowest BCUT2D eigenvalue weighted by Gasteiger charge is -2.30. The Balaban J connectivity index is 1.69. The molecule has 2 N–H and O–H groups in total. The molecule has 0 radical (unpaired) electrons. The highest BCUT2D eigenvalue weighted by Gasteiger charge is 2.41. The Morgan fingerprint density at radius 2 is 1.96 bits per heavy atom. The summed E-state index contributed by atoms with van der Waals surface area (Å²) in [6.07, 6.45) is 0.400. The number of rotatable bonds is 6. The van der Waals surface area contributed by atoms with Crippen molar-refractivity contribution in [1.29, 1.82) is 0 Å². The minimum atomic E-state index is -4.12. The first-order valence-electron chi connectivity index (χ1n) is 8.36. The van der Waals surface area contributed by atoms with Crippen molar-refractivity contribution in [3.05, 3.63) is 18.5 Å². The van der Waals surface area contributed by atoms with Crippen LogP contribution in [0.4, 0.5) is 13.2 Å². The lowest BCUT2D eigenvalue weighted by molar-refractivity contribution is -0.182. The minimum absolute atomic E-state index is 0.0385. The van der Waals surface area contributed by atoms with Gasteiger partial charge in [-0.05, 0) is 45.6 Å². The molecule has 136 valence electrons. The topological polar surface area (TPSA) is 59.0 Å². The van der Waals surface area contributed by atoms with Gasteiger partial charge in [-0.1, -0.05) is 0 Å². The van der Waals surface area contributed by atoms with Crippen LogP contribution in [0, 0.1) is 5.92 Å². The predicted octanol–water partition coefficient (Wildman–Crippen LogP) is 2.66. The molecule has 1 fully saturated rings. The van der Waals surface area contributed by atoms with E-state index in [1.54, 1.807) is 6.20 Å². The zero-order valence-electron chi connectivity index (χ0n) is 14.0. The average molecular weight is 346 g/mol. The molecule has 2 atom stereocenters. The first-order chi connectivity index (χ1) is 11.3. The molecule has 0 aromatic carbocycles. The Hall–Kier alpha value is -1.57. The van der Waals surface area contributed by atoms with Gasteiger partial charge in [0.1, 0.15) is 0 Å². The summed E-state index contributed by atoms with van der Waals surface area (Å²) in [5, 5.41) is 10.1. The Bertz CT molecular complexity index is 510. The highest BCUT2D eigenvalue weighted by Crippen LogP contribution is 2.37. The minimum Gasteiger partial charge on any atom is -0.352 e. The monoisotopic (exact) mass is 346 g/mol. The van der Waals surface area contributed by atoms with Crippen LogP contribution >= 0.6 is 0 Å². The van der Waals surface area contributed by atoms with Gasteiger partial charge in [-0.25, -0.2) is 0 Å². The molecule has 24 heavy (non-hydrogen) atoms. The summed E-state index contributed by atoms with van der Waals surface area (Å²) in [5.74, 6) is -1.40. The summed E-state index contributed by atoms with van der Waals surface area (Å²) in [6.45, 7) is 4.11. The van der Waals surface area contributed by atoms with E-state index in [1.165, 1.54) is 0 Å². The van der Waals surface area contributed by atoms with Crippen molar-refractivity contribution in [3.8, 4) is 0 Å². The normalized spacial score (nSPS) is 24.4. The van der Waals surface area contributed by atoms with Gasteiger partial charge in [-0.2, -0.15) is 18.3 Å². The van der Waals surface area contributed by atoms with Gasteiger partial charge in [0, 0.05) is 24.5 Å². The zero-order chi connectivity index (χ0) is 17.7. The van der Waals surface area contributed by atoms with Crippen LogP contribution in [0.1, 0.15) is 45.6 Å². The lowest BCUT2D eigenvalue weighted by Crippen LogP contribution is -2.46. The largest absolute Gasteiger partial charge is 0.391 e. The van der Waals surface area contributed by atoms with Crippen molar-refractivity contribution in [3.63, 3.8) is 0 Å². The van der Waals surface area contributed by atoms with Gasteiger partial charge >= 0.3 is 6.18 Å². The van der Waals surface area contributed by atoms with Crippen LogP contribution in [0.5, 0.6) is 0 Å². The van der Waals surface area contributed by atoms with E-state index >= 15 is 0 Å². The molecular formula is C16H25F3N4O.